The zero-order valence-corrected chi connectivity index (χ0v) is 5.93. The van der Waals surface area contributed by atoms with Gasteiger partial charge in [-0.25, -0.2) is 0 Å². The van der Waals surface area contributed by atoms with Crippen molar-refractivity contribution in [2.75, 3.05) is 13.1 Å². The third kappa shape index (κ3) is 3.83. The smallest absolute Gasteiger partial charge is 0.144 e. The summed E-state index contributed by atoms with van der Waals surface area (Å²) in [5.41, 5.74) is 0. The van der Waals surface area contributed by atoms with Gasteiger partial charge in [-0.2, -0.15) is 0 Å². The van der Waals surface area contributed by atoms with Crippen molar-refractivity contribution in [2.24, 2.45) is 0 Å². The summed E-state index contributed by atoms with van der Waals surface area (Å²) in [5, 5.41) is 0. The molecule has 0 fully saturated rings. The quantitative estimate of drug-likeness (QED) is 0.395. The van der Waals surface area contributed by atoms with Crippen LogP contribution in [0.15, 0.2) is 25.3 Å². The van der Waals surface area contributed by atoms with E-state index in [1.165, 1.54) is 0 Å². The highest BCUT2D eigenvalue weighted by Gasteiger charge is 1.86. The summed E-state index contributed by atoms with van der Waals surface area (Å²) in [5.74, 6) is 0. The third-order valence-electron chi connectivity index (χ3n) is 0.699. The van der Waals surface area contributed by atoms with Gasteiger partial charge >= 0.3 is 0 Å². The van der Waals surface area contributed by atoms with Gasteiger partial charge in [0.05, 0.1) is 0 Å². The van der Waals surface area contributed by atoms with Gasteiger partial charge in [0.2, 0.25) is 0 Å². The first-order chi connectivity index (χ1) is 3.81. The molecule has 0 N–H and O–H groups in total. The lowest BCUT2D eigenvalue weighted by Gasteiger charge is -2.08. The molecule has 0 aliphatic rings. The van der Waals surface area contributed by atoms with Crippen LogP contribution in [0, 0.1) is 0 Å². The third-order valence-corrected chi connectivity index (χ3v) is 1.06. The Kier molecular flexibility index (Phi) is 4.60. The molecule has 8 heavy (non-hydrogen) atoms. The van der Waals surface area contributed by atoms with E-state index in [2.05, 4.69) is 23.6 Å². The fraction of sp³-hybridized carbons (Fsp3) is 0.333. The summed E-state index contributed by atoms with van der Waals surface area (Å²) in [6.07, 6.45) is 3.66. The van der Waals surface area contributed by atoms with Gasteiger partial charge in [-0.1, -0.05) is 12.2 Å². The average Bonchev–Trinajstić information content (AvgIpc) is 1.68. The van der Waals surface area contributed by atoms with E-state index in [1.54, 1.807) is 0 Å². The van der Waals surface area contributed by atoms with Crippen molar-refractivity contribution in [3.8, 4) is 0 Å². The first-order valence-corrected chi connectivity index (χ1v) is 2.94. The predicted molar refractivity (Wildman–Crippen MR) is 37.7 cm³/mol. The van der Waals surface area contributed by atoms with E-state index >= 15 is 0 Å². The number of hydrogen-bond acceptors (Lipinski definition) is 1. The standard InChI is InChI=1S/C6H10NSi/c1-3-5-7(8)6-4-2/h3-4H,1-2,5-6H2. The topological polar surface area (TPSA) is 3.24 Å². The molecule has 0 atom stereocenters. The van der Waals surface area contributed by atoms with Gasteiger partial charge in [0, 0.05) is 13.1 Å². The molecule has 0 bridgehead atoms. The van der Waals surface area contributed by atoms with Gasteiger partial charge in [-0.15, -0.1) is 13.2 Å². The van der Waals surface area contributed by atoms with Crippen molar-refractivity contribution in [3.63, 3.8) is 0 Å². The highest BCUT2D eigenvalue weighted by atomic mass is 28.2. The van der Waals surface area contributed by atoms with Crippen molar-refractivity contribution >= 4 is 10.4 Å². The first kappa shape index (κ1) is 7.66. The summed E-state index contributed by atoms with van der Waals surface area (Å²) in [6.45, 7) is 8.85. The predicted octanol–water partition coefficient (Wildman–Crippen LogP) is 0.744. The first-order valence-electron chi connectivity index (χ1n) is 2.49. The maximum atomic E-state index is 3.58. The highest BCUT2D eigenvalue weighted by molar-refractivity contribution is 6.04. The van der Waals surface area contributed by atoms with Gasteiger partial charge in [0.15, 0.2) is 0 Å². The average molecular weight is 124 g/mol. The van der Waals surface area contributed by atoms with Gasteiger partial charge < -0.3 is 4.57 Å². The van der Waals surface area contributed by atoms with Crippen molar-refractivity contribution in [2.45, 2.75) is 0 Å². The minimum atomic E-state index is 0.850. The largest absolute Gasteiger partial charge is 0.320 e. The van der Waals surface area contributed by atoms with Gasteiger partial charge in [-0.3, -0.25) is 0 Å². The molecule has 43 valence electrons. The van der Waals surface area contributed by atoms with Crippen molar-refractivity contribution in [3.05, 3.63) is 25.3 Å². The Morgan fingerprint density at radius 3 is 1.88 bits per heavy atom. The molecular formula is C6H10NSi. The van der Waals surface area contributed by atoms with Crippen LogP contribution in [0.2, 0.25) is 0 Å². The molecule has 2 heteroatoms. The molecule has 0 unspecified atom stereocenters. The van der Waals surface area contributed by atoms with Crippen LogP contribution in [-0.4, -0.2) is 28.1 Å². The Balaban J connectivity index is 3.16. The molecule has 0 heterocycles. The van der Waals surface area contributed by atoms with Crippen LogP contribution in [0.3, 0.4) is 0 Å². The fourth-order valence-corrected chi connectivity index (χ4v) is 0.644. The monoisotopic (exact) mass is 124 g/mol. The van der Waals surface area contributed by atoms with Crippen LogP contribution >= 0.6 is 0 Å². The van der Waals surface area contributed by atoms with E-state index in [0.717, 1.165) is 13.1 Å². The van der Waals surface area contributed by atoms with E-state index in [9.17, 15) is 0 Å². The molecule has 0 rings (SSSR count). The second-order valence-corrected chi connectivity index (χ2v) is 2.11. The van der Waals surface area contributed by atoms with E-state index in [1.807, 2.05) is 16.7 Å². The van der Waals surface area contributed by atoms with Crippen LogP contribution in [-0.2, 0) is 0 Å². The van der Waals surface area contributed by atoms with Crippen LogP contribution in [0.25, 0.3) is 0 Å². The molecule has 0 aromatic carbocycles. The Morgan fingerprint density at radius 2 is 1.62 bits per heavy atom. The van der Waals surface area contributed by atoms with E-state index in [-0.39, 0.29) is 0 Å². The van der Waals surface area contributed by atoms with Crippen LogP contribution in [0.4, 0.5) is 0 Å². The van der Waals surface area contributed by atoms with Gasteiger partial charge in [-0.05, 0) is 0 Å². The molecule has 0 saturated carbocycles. The van der Waals surface area contributed by atoms with Gasteiger partial charge in [0.1, 0.15) is 10.4 Å². The highest BCUT2D eigenvalue weighted by Crippen LogP contribution is 1.78. The summed E-state index contributed by atoms with van der Waals surface area (Å²) >= 11 is 0. The Morgan fingerprint density at radius 1 is 1.25 bits per heavy atom. The number of hydrogen-bond donors (Lipinski definition) is 0. The van der Waals surface area contributed by atoms with E-state index < -0.39 is 0 Å². The zero-order chi connectivity index (χ0) is 6.41. The zero-order valence-electron chi connectivity index (χ0n) is 4.93. The van der Waals surface area contributed by atoms with Crippen molar-refractivity contribution in [1.29, 1.82) is 0 Å². The summed E-state index contributed by atoms with van der Waals surface area (Å²) < 4.78 is 1.93. The van der Waals surface area contributed by atoms with Crippen molar-refractivity contribution < 1.29 is 0 Å². The maximum absolute atomic E-state index is 3.58. The van der Waals surface area contributed by atoms with Crippen LogP contribution in [0.5, 0.6) is 0 Å². The molecule has 0 aliphatic carbocycles. The van der Waals surface area contributed by atoms with Gasteiger partial charge in [0.25, 0.3) is 0 Å². The molecule has 0 aliphatic heterocycles. The summed E-state index contributed by atoms with van der Waals surface area (Å²) in [6, 6.07) is 0. The summed E-state index contributed by atoms with van der Waals surface area (Å²) in [4.78, 5) is 0. The molecule has 0 aromatic heterocycles. The fourth-order valence-electron chi connectivity index (χ4n) is 0.386. The van der Waals surface area contributed by atoms with Crippen LogP contribution < -0.4 is 0 Å². The second-order valence-electron chi connectivity index (χ2n) is 1.48. The molecule has 0 amide bonds. The molecular weight excluding hydrogens is 114 g/mol. The Bertz CT molecular complexity index is 70.6. The Hall–Kier alpha value is -0.343. The summed E-state index contributed by atoms with van der Waals surface area (Å²) in [7, 11) is 3.34. The lowest BCUT2D eigenvalue weighted by Crippen LogP contribution is -2.19. The second kappa shape index (κ2) is 4.81. The van der Waals surface area contributed by atoms with E-state index in [0.29, 0.717) is 0 Å². The molecule has 0 saturated heterocycles. The SMILES string of the molecule is C=CCN([Si])CC=C. The van der Waals surface area contributed by atoms with Crippen LogP contribution in [0.1, 0.15) is 0 Å². The lowest BCUT2D eigenvalue weighted by molar-refractivity contribution is 0.558. The number of rotatable bonds is 4. The molecule has 1 nitrogen and oxygen atoms in total. The molecule has 0 aromatic rings. The lowest BCUT2D eigenvalue weighted by atomic mass is 10.5. The van der Waals surface area contributed by atoms with Crippen molar-refractivity contribution in [1.82, 2.24) is 4.57 Å². The minimum absolute atomic E-state index is 0.850. The molecule has 0 spiro atoms. The van der Waals surface area contributed by atoms with E-state index in [4.69, 9.17) is 0 Å². The maximum Gasteiger partial charge on any atom is 0.144 e. The normalized spacial score (nSPS) is 9.25. The minimum Gasteiger partial charge on any atom is -0.320 e. The Labute approximate surface area is 54.2 Å². The molecule has 3 radical (unpaired) electrons. The number of nitrogens with zero attached hydrogens (tertiary/aromatic N) is 1.